The summed E-state index contributed by atoms with van der Waals surface area (Å²) in [5.74, 6) is 0.551. The van der Waals surface area contributed by atoms with Gasteiger partial charge in [-0.05, 0) is 56.6 Å². The summed E-state index contributed by atoms with van der Waals surface area (Å²) in [5, 5.41) is 0. The number of nitrogens with zero attached hydrogens (tertiary/aromatic N) is 1. The second-order valence-electron chi connectivity index (χ2n) is 5.76. The average molecular weight is 305 g/mol. The lowest BCUT2D eigenvalue weighted by molar-refractivity contribution is 0.0452. The van der Waals surface area contributed by atoms with Crippen LogP contribution in [0.5, 0.6) is 5.75 Å². The lowest BCUT2D eigenvalue weighted by atomic mass is 10.1. The van der Waals surface area contributed by atoms with Gasteiger partial charge in [0.05, 0.1) is 12.2 Å². The normalized spacial score (nSPS) is 15.5. The highest BCUT2D eigenvalue weighted by molar-refractivity contribution is 5.89. The van der Waals surface area contributed by atoms with Gasteiger partial charge in [-0.25, -0.2) is 4.79 Å². The van der Waals surface area contributed by atoms with E-state index in [1.807, 2.05) is 12.1 Å². The first-order valence-corrected chi connectivity index (χ1v) is 8.42. The molecule has 0 atom stereocenters. The zero-order valence-electron chi connectivity index (χ0n) is 13.6. The minimum atomic E-state index is -0.253. The third-order valence-corrected chi connectivity index (χ3v) is 3.95. The zero-order chi connectivity index (χ0) is 15.6. The van der Waals surface area contributed by atoms with Crippen molar-refractivity contribution >= 4 is 5.97 Å². The van der Waals surface area contributed by atoms with Gasteiger partial charge in [0, 0.05) is 6.54 Å². The van der Waals surface area contributed by atoms with Gasteiger partial charge in [0.25, 0.3) is 0 Å². The second kappa shape index (κ2) is 9.46. The van der Waals surface area contributed by atoms with Crippen LogP contribution in [0, 0.1) is 0 Å². The van der Waals surface area contributed by atoms with Crippen LogP contribution in [0.25, 0.3) is 0 Å². The predicted octanol–water partition coefficient (Wildman–Crippen LogP) is 3.51. The van der Waals surface area contributed by atoms with Crippen molar-refractivity contribution in [2.75, 3.05) is 32.8 Å². The molecule has 1 saturated heterocycles. The number of ether oxygens (including phenoxy) is 2. The van der Waals surface area contributed by atoms with Crippen LogP contribution in [0.4, 0.5) is 0 Å². The number of unbranched alkanes of at least 4 members (excludes halogenated alkanes) is 1. The van der Waals surface area contributed by atoms with Crippen molar-refractivity contribution in [1.29, 1.82) is 0 Å². The summed E-state index contributed by atoms with van der Waals surface area (Å²) in [5.41, 5.74) is 0.585. The molecule has 0 bridgehead atoms. The minimum Gasteiger partial charge on any atom is -0.494 e. The van der Waals surface area contributed by atoms with Crippen LogP contribution in [0.1, 0.15) is 49.4 Å². The Labute approximate surface area is 133 Å². The van der Waals surface area contributed by atoms with Gasteiger partial charge in [-0.2, -0.15) is 0 Å². The number of benzene rings is 1. The standard InChI is InChI=1S/C18H27NO3/c1-2-3-14-21-17-9-7-16(8-10-17)18(20)22-15-13-19-11-5-4-6-12-19/h7-10H,2-6,11-15H2,1H3. The van der Waals surface area contributed by atoms with Gasteiger partial charge in [-0.15, -0.1) is 0 Å². The van der Waals surface area contributed by atoms with E-state index in [1.54, 1.807) is 12.1 Å². The molecule has 22 heavy (non-hydrogen) atoms. The number of carbonyl (C=O) groups excluding carboxylic acids is 1. The molecule has 1 aromatic rings. The van der Waals surface area contributed by atoms with E-state index in [0.717, 1.165) is 44.8 Å². The molecule has 1 aliphatic heterocycles. The molecule has 0 saturated carbocycles. The molecular weight excluding hydrogens is 278 g/mol. The van der Waals surface area contributed by atoms with Crippen LogP contribution in [0.3, 0.4) is 0 Å². The number of carbonyl (C=O) groups is 1. The number of likely N-dealkylation sites (tertiary alicyclic amines) is 1. The maximum absolute atomic E-state index is 12.0. The van der Waals surface area contributed by atoms with Crippen LogP contribution < -0.4 is 4.74 Å². The lowest BCUT2D eigenvalue weighted by Gasteiger charge is -2.25. The monoisotopic (exact) mass is 305 g/mol. The lowest BCUT2D eigenvalue weighted by Crippen LogP contribution is -2.33. The average Bonchev–Trinajstić information content (AvgIpc) is 2.56. The van der Waals surface area contributed by atoms with E-state index in [1.165, 1.54) is 19.3 Å². The molecule has 4 heteroatoms. The maximum atomic E-state index is 12.0. The molecule has 0 amide bonds. The summed E-state index contributed by atoms with van der Waals surface area (Å²) in [7, 11) is 0. The van der Waals surface area contributed by atoms with Crippen molar-refractivity contribution in [3.8, 4) is 5.75 Å². The molecular formula is C18H27NO3. The van der Waals surface area contributed by atoms with E-state index >= 15 is 0 Å². The summed E-state index contributed by atoms with van der Waals surface area (Å²) < 4.78 is 10.9. The van der Waals surface area contributed by atoms with Crippen molar-refractivity contribution in [2.24, 2.45) is 0 Å². The highest BCUT2D eigenvalue weighted by atomic mass is 16.5. The zero-order valence-corrected chi connectivity index (χ0v) is 13.6. The Balaban J connectivity index is 1.70. The first-order chi connectivity index (χ1) is 10.8. The van der Waals surface area contributed by atoms with Gasteiger partial charge < -0.3 is 9.47 Å². The molecule has 4 nitrogen and oxygen atoms in total. The fourth-order valence-electron chi connectivity index (χ4n) is 2.56. The van der Waals surface area contributed by atoms with E-state index in [9.17, 15) is 4.79 Å². The molecule has 0 aromatic heterocycles. The molecule has 122 valence electrons. The Morgan fingerprint density at radius 2 is 1.82 bits per heavy atom. The highest BCUT2D eigenvalue weighted by Gasteiger charge is 2.11. The molecule has 0 N–H and O–H groups in total. The van der Waals surface area contributed by atoms with Crippen molar-refractivity contribution < 1.29 is 14.3 Å². The molecule has 1 aromatic carbocycles. The van der Waals surface area contributed by atoms with E-state index in [-0.39, 0.29) is 5.97 Å². The molecule has 1 fully saturated rings. The largest absolute Gasteiger partial charge is 0.494 e. The van der Waals surface area contributed by atoms with Crippen LogP contribution in [0.2, 0.25) is 0 Å². The first-order valence-electron chi connectivity index (χ1n) is 8.42. The van der Waals surface area contributed by atoms with E-state index < -0.39 is 0 Å². The first kappa shape index (κ1) is 16.8. The van der Waals surface area contributed by atoms with Gasteiger partial charge in [-0.1, -0.05) is 19.8 Å². The Morgan fingerprint density at radius 1 is 1.09 bits per heavy atom. The maximum Gasteiger partial charge on any atom is 0.338 e. The number of hydrogen-bond donors (Lipinski definition) is 0. The van der Waals surface area contributed by atoms with Gasteiger partial charge in [0.2, 0.25) is 0 Å². The molecule has 0 radical (unpaired) electrons. The summed E-state index contributed by atoms with van der Waals surface area (Å²) >= 11 is 0. The molecule has 0 aliphatic carbocycles. The Hall–Kier alpha value is -1.55. The third kappa shape index (κ3) is 5.68. The Bertz CT molecular complexity index is 438. The summed E-state index contributed by atoms with van der Waals surface area (Å²) in [6.45, 7) is 6.41. The van der Waals surface area contributed by atoms with Gasteiger partial charge in [0.1, 0.15) is 12.4 Å². The SMILES string of the molecule is CCCCOc1ccc(C(=O)OCCN2CCCCC2)cc1. The van der Waals surface area contributed by atoms with Gasteiger partial charge in [0.15, 0.2) is 0 Å². The summed E-state index contributed by atoms with van der Waals surface area (Å²) in [6.07, 6.45) is 5.99. The van der Waals surface area contributed by atoms with Gasteiger partial charge >= 0.3 is 5.97 Å². The van der Waals surface area contributed by atoms with Crippen molar-refractivity contribution in [3.05, 3.63) is 29.8 Å². The van der Waals surface area contributed by atoms with E-state index in [0.29, 0.717) is 12.2 Å². The van der Waals surface area contributed by atoms with Crippen LogP contribution >= 0.6 is 0 Å². The smallest absolute Gasteiger partial charge is 0.338 e. The fourth-order valence-corrected chi connectivity index (χ4v) is 2.56. The third-order valence-electron chi connectivity index (χ3n) is 3.95. The van der Waals surface area contributed by atoms with E-state index in [4.69, 9.17) is 9.47 Å². The van der Waals surface area contributed by atoms with Crippen LogP contribution in [-0.4, -0.2) is 43.7 Å². The molecule has 1 aliphatic rings. The predicted molar refractivity (Wildman–Crippen MR) is 87.4 cm³/mol. The van der Waals surface area contributed by atoms with Crippen LogP contribution in [0.15, 0.2) is 24.3 Å². The van der Waals surface area contributed by atoms with E-state index in [2.05, 4.69) is 11.8 Å². The number of esters is 1. The molecule has 0 spiro atoms. The van der Waals surface area contributed by atoms with Crippen molar-refractivity contribution in [1.82, 2.24) is 4.90 Å². The second-order valence-corrected chi connectivity index (χ2v) is 5.76. The van der Waals surface area contributed by atoms with Crippen LogP contribution in [-0.2, 0) is 4.74 Å². The van der Waals surface area contributed by atoms with Crippen molar-refractivity contribution in [3.63, 3.8) is 0 Å². The summed E-state index contributed by atoms with van der Waals surface area (Å²) in [4.78, 5) is 14.3. The molecule has 0 unspecified atom stereocenters. The number of hydrogen-bond acceptors (Lipinski definition) is 4. The fraction of sp³-hybridized carbons (Fsp3) is 0.611. The quantitative estimate of drug-likeness (QED) is 0.544. The topological polar surface area (TPSA) is 38.8 Å². The molecule has 2 rings (SSSR count). The number of piperidine rings is 1. The van der Waals surface area contributed by atoms with Crippen molar-refractivity contribution in [2.45, 2.75) is 39.0 Å². The minimum absolute atomic E-state index is 0.253. The Morgan fingerprint density at radius 3 is 2.50 bits per heavy atom. The molecule has 1 heterocycles. The van der Waals surface area contributed by atoms with Gasteiger partial charge in [-0.3, -0.25) is 4.90 Å². The summed E-state index contributed by atoms with van der Waals surface area (Å²) in [6, 6.07) is 7.20. The number of rotatable bonds is 8. The Kier molecular flexibility index (Phi) is 7.23. The highest BCUT2D eigenvalue weighted by Crippen LogP contribution is 2.14.